The van der Waals surface area contributed by atoms with E-state index in [4.69, 9.17) is 0 Å². The minimum atomic E-state index is 0.0775. The van der Waals surface area contributed by atoms with E-state index in [1.54, 1.807) is 6.92 Å². The summed E-state index contributed by atoms with van der Waals surface area (Å²) in [5, 5.41) is 2.96. The van der Waals surface area contributed by atoms with Gasteiger partial charge in [-0.2, -0.15) is 0 Å². The molecule has 2 nitrogen and oxygen atoms in total. The molecular weight excluding hydrogens is 138 g/mol. The van der Waals surface area contributed by atoms with Gasteiger partial charge in [0.25, 0.3) is 0 Å². The molecule has 0 atom stereocenters. The Hall–Kier alpha value is -0.530. The van der Waals surface area contributed by atoms with Crippen LogP contribution in [0.3, 0.4) is 0 Å². The molecule has 0 aromatic rings. The van der Waals surface area contributed by atoms with Crippen LogP contribution in [0.5, 0.6) is 0 Å². The molecule has 0 unspecified atom stereocenters. The minimum Gasteiger partial charge on any atom is -0.352 e. The first kappa shape index (κ1) is 8.57. The first-order valence-electron chi connectivity index (χ1n) is 4.07. The van der Waals surface area contributed by atoms with E-state index in [1.807, 2.05) is 0 Å². The smallest absolute Gasteiger partial charge is 0.217 e. The number of hydrogen-bond acceptors (Lipinski definition) is 1. The molecule has 1 aliphatic carbocycles. The van der Waals surface area contributed by atoms with Gasteiger partial charge in [-0.15, -0.1) is 0 Å². The van der Waals surface area contributed by atoms with Crippen molar-refractivity contribution in [1.29, 1.82) is 0 Å². The summed E-state index contributed by atoms with van der Waals surface area (Å²) in [7, 11) is 0. The number of hydrogen-bond donors (Lipinski definition) is 1. The monoisotopic (exact) mass is 155 g/mol. The molecular formula is C9H17NO. The van der Waals surface area contributed by atoms with Crippen LogP contribution >= 0.6 is 0 Å². The number of amides is 1. The van der Waals surface area contributed by atoms with Crippen LogP contribution in [0.4, 0.5) is 0 Å². The lowest BCUT2D eigenvalue weighted by atomic mass is 10.0. The van der Waals surface area contributed by atoms with Crippen molar-refractivity contribution in [2.24, 2.45) is 10.8 Å². The van der Waals surface area contributed by atoms with Crippen LogP contribution in [0.1, 0.15) is 34.6 Å². The molecule has 64 valence electrons. The van der Waals surface area contributed by atoms with Crippen molar-refractivity contribution in [3.05, 3.63) is 0 Å². The average Bonchev–Trinajstić information content (AvgIpc) is 2.11. The van der Waals surface area contributed by atoms with E-state index in [-0.39, 0.29) is 16.7 Å². The minimum absolute atomic E-state index is 0.0775. The molecule has 0 bridgehead atoms. The molecule has 0 radical (unpaired) electrons. The SMILES string of the molecule is CC(=O)NC1C(C)(C)C1(C)C. The van der Waals surface area contributed by atoms with Crippen LogP contribution in [0.2, 0.25) is 0 Å². The Bertz CT molecular complexity index is 180. The maximum absolute atomic E-state index is 10.8. The lowest BCUT2D eigenvalue weighted by molar-refractivity contribution is -0.119. The van der Waals surface area contributed by atoms with E-state index in [1.165, 1.54) is 0 Å². The van der Waals surface area contributed by atoms with E-state index >= 15 is 0 Å². The van der Waals surface area contributed by atoms with Gasteiger partial charge in [0.2, 0.25) is 5.91 Å². The summed E-state index contributed by atoms with van der Waals surface area (Å²) in [5.41, 5.74) is 0.525. The lowest BCUT2D eigenvalue weighted by Crippen LogP contribution is -2.26. The maximum Gasteiger partial charge on any atom is 0.217 e. The molecule has 1 aliphatic rings. The van der Waals surface area contributed by atoms with Gasteiger partial charge in [0, 0.05) is 13.0 Å². The fourth-order valence-electron chi connectivity index (χ4n) is 1.76. The Morgan fingerprint density at radius 1 is 1.18 bits per heavy atom. The van der Waals surface area contributed by atoms with Gasteiger partial charge >= 0.3 is 0 Å². The first-order chi connectivity index (χ1) is 4.80. The van der Waals surface area contributed by atoms with Gasteiger partial charge in [-0.1, -0.05) is 27.7 Å². The summed E-state index contributed by atoms with van der Waals surface area (Å²) in [6.45, 7) is 10.3. The summed E-state index contributed by atoms with van der Waals surface area (Å²) >= 11 is 0. The van der Waals surface area contributed by atoms with Crippen LogP contribution in [0, 0.1) is 10.8 Å². The summed E-state index contributed by atoms with van der Waals surface area (Å²) in [5.74, 6) is 0.0775. The van der Waals surface area contributed by atoms with E-state index in [0.717, 1.165) is 0 Å². The largest absolute Gasteiger partial charge is 0.352 e. The van der Waals surface area contributed by atoms with Crippen LogP contribution < -0.4 is 5.32 Å². The van der Waals surface area contributed by atoms with Gasteiger partial charge in [0.15, 0.2) is 0 Å². The predicted octanol–water partition coefficient (Wildman–Crippen LogP) is 1.56. The number of nitrogens with one attached hydrogen (secondary N) is 1. The maximum atomic E-state index is 10.8. The summed E-state index contributed by atoms with van der Waals surface area (Å²) < 4.78 is 0. The van der Waals surface area contributed by atoms with Crippen molar-refractivity contribution >= 4 is 5.91 Å². The zero-order valence-corrected chi connectivity index (χ0v) is 7.99. The molecule has 2 heteroatoms. The van der Waals surface area contributed by atoms with Crippen molar-refractivity contribution < 1.29 is 4.79 Å². The fourth-order valence-corrected chi connectivity index (χ4v) is 1.76. The zero-order valence-electron chi connectivity index (χ0n) is 7.99. The standard InChI is InChI=1S/C9H17NO/c1-6(11)10-7-8(2,3)9(7,4)5/h7H,1-5H3,(H,10,11). The Morgan fingerprint density at radius 2 is 1.55 bits per heavy atom. The lowest BCUT2D eigenvalue weighted by Gasteiger charge is -2.02. The van der Waals surface area contributed by atoms with Crippen molar-refractivity contribution in [3.8, 4) is 0 Å². The summed E-state index contributed by atoms with van der Waals surface area (Å²) in [6, 6.07) is 0.354. The first-order valence-corrected chi connectivity index (χ1v) is 4.07. The summed E-state index contributed by atoms with van der Waals surface area (Å²) in [4.78, 5) is 10.8. The normalized spacial score (nSPS) is 26.3. The molecule has 0 aliphatic heterocycles. The van der Waals surface area contributed by atoms with E-state index in [2.05, 4.69) is 33.0 Å². The molecule has 0 aromatic carbocycles. The highest BCUT2D eigenvalue weighted by molar-refractivity contribution is 5.74. The van der Waals surface area contributed by atoms with Gasteiger partial charge in [-0.05, 0) is 10.8 Å². The van der Waals surface area contributed by atoms with Gasteiger partial charge < -0.3 is 5.32 Å². The van der Waals surface area contributed by atoms with E-state index < -0.39 is 0 Å². The van der Waals surface area contributed by atoms with Crippen LogP contribution in [-0.2, 0) is 4.79 Å². The van der Waals surface area contributed by atoms with Crippen LogP contribution in [0.15, 0.2) is 0 Å². The molecule has 1 rings (SSSR count). The van der Waals surface area contributed by atoms with Gasteiger partial charge in [0.1, 0.15) is 0 Å². The second-order valence-corrected chi connectivity index (χ2v) is 4.58. The highest BCUT2D eigenvalue weighted by Gasteiger charge is 2.65. The fraction of sp³-hybridized carbons (Fsp3) is 0.889. The summed E-state index contributed by atoms with van der Waals surface area (Å²) in [6.07, 6.45) is 0. The number of carbonyl (C=O) groups excluding carboxylic acids is 1. The third-order valence-corrected chi connectivity index (χ3v) is 3.37. The molecule has 0 spiro atoms. The highest BCUT2D eigenvalue weighted by atomic mass is 16.1. The molecule has 1 fully saturated rings. The van der Waals surface area contributed by atoms with Crippen LogP contribution in [-0.4, -0.2) is 11.9 Å². The third-order valence-electron chi connectivity index (χ3n) is 3.37. The number of rotatable bonds is 1. The van der Waals surface area contributed by atoms with E-state index in [0.29, 0.717) is 6.04 Å². The third kappa shape index (κ3) is 1.05. The molecule has 1 saturated carbocycles. The Balaban J connectivity index is 2.61. The van der Waals surface area contributed by atoms with Crippen molar-refractivity contribution in [2.75, 3.05) is 0 Å². The highest BCUT2D eigenvalue weighted by Crippen LogP contribution is 2.62. The Kier molecular flexibility index (Phi) is 1.55. The quantitative estimate of drug-likeness (QED) is 0.611. The molecule has 1 amide bonds. The average molecular weight is 155 g/mol. The molecule has 0 heterocycles. The van der Waals surface area contributed by atoms with Crippen molar-refractivity contribution in [3.63, 3.8) is 0 Å². The molecule has 11 heavy (non-hydrogen) atoms. The van der Waals surface area contributed by atoms with Gasteiger partial charge in [-0.25, -0.2) is 0 Å². The molecule has 0 saturated heterocycles. The topological polar surface area (TPSA) is 29.1 Å². The molecule has 1 N–H and O–H groups in total. The Labute approximate surface area is 68.4 Å². The van der Waals surface area contributed by atoms with E-state index in [9.17, 15) is 4.79 Å². The number of carbonyl (C=O) groups is 1. The van der Waals surface area contributed by atoms with Gasteiger partial charge in [0.05, 0.1) is 0 Å². The molecule has 0 aromatic heterocycles. The second-order valence-electron chi connectivity index (χ2n) is 4.58. The van der Waals surface area contributed by atoms with Crippen molar-refractivity contribution in [2.45, 2.75) is 40.7 Å². The van der Waals surface area contributed by atoms with Gasteiger partial charge in [-0.3, -0.25) is 4.79 Å². The second kappa shape index (κ2) is 1.99. The zero-order chi connectivity index (χ0) is 8.86. The van der Waals surface area contributed by atoms with Crippen LogP contribution in [0.25, 0.3) is 0 Å². The Morgan fingerprint density at radius 3 is 1.64 bits per heavy atom. The van der Waals surface area contributed by atoms with Crippen molar-refractivity contribution in [1.82, 2.24) is 5.32 Å². The predicted molar refractivity (Wildman–Crippen MR) is 45.2 cm³/mol.